The van der Waals surface area contributed by atoms with Gasteiger partial charge < -0.3 is 4.98 Å². The molecule has 0 amide bonds. The summed E-state index contributed by atoms with van der Waals surface area (Å²) in [5, 5.41) is 0.932. The lowest BCUT2D eigenvalue weighted by molar-refractivity contribution is 0.594. The number of nitrogens with zero attached hydrogens (tertiary/aromatic N) is 2. The zero-order valence-electron chi connectivity index (χ0n) is 9.44. The van der Waals surface area contributed by atoms with Crippen LogP contribution in [0.1, 0.15) is 25.6 Å². The van der Waals surface area contributed by atoms with Crippen LogP contribution in [0.3, 0.4) is 0 Å². The molecule has 0 aromatic carbocycles. The van der Waals surface area contributed by atoms with E-state index in [1.165, 1.54) is 0 Å². The summed E-state index contributed by atoms with van der Waals surface area (Å²) in [5.74, 6) is 0. The minimum atomic E-state index is -0.0463. The van der Waals surface area contributed by atoms with E-state index in [-0.39, 0.29) is 11.6 Å². The number of hydrogen-bond acceptors (Lipinski definition) is 3. The standard InChI is InChI=1S/C11H13N3OS/c1-6(2)14-9(15)5-4-8-7(3)12-11(16)13-10(8)14/h4-6H,1-3H3,(H,12,13,16). The number of aromatic nitrogens is 3. The summed E-state index contributed by atoms with van der Waals surface area (Å²) in [5.41, 5.74) is 1.54. The fraction of sp³-hybridized carbons (Fsp3) is 0.364. The van der Waals surface area contributed by atoms with Crippen molar-refractivity contribution in [2.45, 2.75) is 26.8 Å². The number of fused-ring (bicyclic) bond motifs is 1. The zero-order valence-corrected chi connectivity index (χ0v) is 10.3. The van der Waals surface area contributed by atoms with E-state index in [2.05, 4.69) is 9.97 Å². The molecule has 2 rings (SSSR count). The Morgan fingerprint density at radius 1 is 1.44 bits per heavy atom. The number of aryl methyl sites for hydroxylation is 1. The third-order valence-electron chi connectivity index (χ3n) is 2.52. The summed E-state index contributed by atoms with van der Waals surface area (Å²) in [4.78, 5) is 19.0. The van der Waals surface area contributed by atoms with E-state index in [1.54, 1.807) is 16.7 Å². The van der Waals surface area contributed by atoms with Crippen LogP contribution in [0.15, 0.2) is 16.9 Å². The van der Waals surface area contributed by atoms with Gasteiger partial charge in [-0.1, -0.05) is 0 Å². The molecule has 0 saturated heterocycles. The Labute approximate surface area is 98.0 Å². The number of hydrogen-bond donors (Lipinski definition) is 1. The van der Waals surface area contributed by atoms with Gasteiger partial charge >= 0.3 is 0 Å². The van der Waals surface area contributed by atoms with Crippen LogP contribution >= 0.6 is 12.2 Å². The molecule has 0 bridgehead atoms. The summed E-state index contributed by atoms with van der Waals surface area (Å²) in [7, 11) is 0. The van der Waals surface area contributed by atoms with E-state index in [0.717, 1.165) is 11.1 Å². The smallest absolute Gasteiger partial charge is 0.252 e. The second kappa shape index (κ2) is 3.83. The Kier molecular flexibility index (Phi) is 2.63. The molecule has 0 aliphatic rings. The predicted octanol–water partition coefficient (Wildman–Crippen LogP) is 2.34. The maximum Gasteiger partial charge on any atom is 0.252 e. The van der Waals surface area contributed by atoms with Crippen molar-refractivity contribution < 1.29 is 0 Å². The number of H-pyrrole nitrogens is 1. The normalized spacial score (nSPS) is 11.2. The van der Waals surface area contributed by atoms with Gasteiger partial charge in [0.15, 0.2) is 4.77 Å². The quantitative estimate of drug-likeness (QED) is 0.772. The monoisotopic (exact) mass is 235 g/mol. The van der Waals surface area contributed by atoms with Crippen LogP contribution in [0.25, 0.3) is 11.0 Å². The minimum absolute atomic E-state index is 0.0463. The highest BCUT2D eigenvalue weighted by molar-refractivity contribution is 7.71. The Morgan fingerprint density at radius 3 is 2.75 bits per heavy atom. The Hall–Kier alpha value is -1.49. The number of pyridine rings is 1. The van der Waals surface area contributed by atoms with E-state index in [1.807, 2.05) is 20.8 Å². The third-order valence-corrected chi connectivity index (χ3v) is 2.71. The second-order valence-corrected chi connectivity index (χ2v) is 4.43. The third kappa shape index (κ3) is 1.67. The highest BCUT2D eigenvalue weighted by Gasteiger charge is 2.09. The molecule has 0 fully saturated rings. The lowest BCUT2D eigenvalue weighted by atomic mass is 10.2. The second-order valence-electron chi connectivity index (χ2n) is 4.04. The van der Waals surface area contributed by atoms with Crippen molar-refractivity contribution in [2.24, 2.45) is 0 Å². The first kappa shape index (κ1) is 11.0. The average Bonchev–Trinajstić information content (AvgIpc) is 2.15. The van der Waals surface area contributed by atoms with Crippen LogP contribution in [0.2, 0.25) is 0 Å². The number of aromatic amines is 1. The van der Waals surface area contributed by atoms with Crippen LogP contribution in [0.4, 0.5) is 0 Å². The molecule has 2 heterocycles. The van der Waals surface area contributed by atoms with Crippen LogP contribution < -0.4 is 5.56 Å². The maximum absolute atomic E-state index is 11.8. The molecule has 0 atom stereocenters. The van der Waals surface area contributed by atoms with Gasteiger partial charge in [-0.3, -0.25) is 9.36 Å². The largest absolute Gasteiger partial charge is 0.334 e. The summed E-state index contributed by atoms with van der Waals surface area (Å²) >= 11 is 5.03. The molecular formula is C11H13N3OS. The molecular weight excluding hydrogens is 222 g/mol. The first-order valence-corrected chi connectivity index (χ1v) is 5.53. The molecule has 5 heteroatoms. The lowest BCUT2D eigenvalue weighted by Crippen LogP contribution is -2.22. The Morgan fingerprint density at radius 2 is 2.12 bits per heavy atom. The number of nitrogens with one attached hydrogen (secondary N) is 1. The molecule has 2 aromatic rings. The van der Waals surface area contributed by atoms with E-state index in [4.69, 9.17) is 12.2 Å². The maximum atomic E-state index is 11.8. The molecule has 1 N–H and O–H groups in total. The van der Waals surface area contributed by atoms with Crippen LogP contribution in [0, 0.1) is 11.7 Å². The van der Waals surface area contributed by atoms with Crippen LogP contribution in [-0.2, 0) is 0 Å². The zero-order chi connectivity index (χ0) is 11.9. The topological polar surface area (TPSA) is 50.7 Å². The van der Waals surface area contributed by atoms with E-state index in [0.29, 0.717) is 10.4 Å². The Balaban J connectivity index is 3.03. The first-order chi connectivity index (χ1) is 7.50. The molecule has 2 aromatic heterocycles. The fourth-order valence-electron chi connectivity index (χ4n) is 1.80. The molecule has 0 radical (unpaired) electrons. The van der Waals surface area contributed by atoms with Gasteiger partial charge in [-0.15, -0.1) is 0 Å². The summed E-state index contributed by atoms with van der Waals surface area (Å²) < 4.78 is 2.07. The highest BCUT2D eigenvalue weighted by atomic mass is 32.1. The van der Waals surface area contributed by atoms with Gasteiger partial charge in [0.05, 0.1) is 0 Å². The highest BCUT2D eigenvalue weighted by Crippen LogP contribution is 2.15. The van der Waals surface area contributed by atoms with Gasteiger partial charge in [-0.05, 0) is 39.1 Å². The molecule has 0 aliphatic heterocycles. The van der Waals surface area contributed by atoms with Crippen LogP contribution in [0.5, 0.6) is 0 Å². The van der Waals surface area contributed by atoms with Crippen molar-refractivity contribution in [1.82, 2.24) is 14.5 Å². The van der Waals surface area contributed by atoms with Gasteiger partial charge in [0.25, 0.3) is 5.56 Å². The van der Waals surface area contributed by atoms with E-state index < -0.39 is 0 Å². The van der Waals surface area contributed by atoms with Gasteiger partial charge in [-0.25, -0.2) is 4.98 Å². The SMILES string of the molecule is Cc1[nH]c(=S)nc2c1ccc(=O)n2C(C)C. The summed E-state index contributed by atoms with van der Waals surface area (Å²) in [6, 6.07) is 3.41. The minimum Gasteiger partial charge on any atom is -0.334 e. The van der Waals surface area contributed by atoms with Crippen molar-refractivity contribution in [3.8, 4) is 0 Å². The molecule has 0 unspecified atom stereocenters. The van der Waals surface area contributed by atoms with Gasteiger partial charge in [-0.2, -0.15) is 0 Å². The van der Waals surface area contributed by atoms with Crippen molar-refractivity contribution >= 4 is 23.3 Å². The van der Waals surface area contributed by atoms with Crippen molar-refractivity contribution in [2.75, 3.05) is 0 Å². The predicted molar refractivity (Wildman–Crippen MR) is 66.3 cm³/mol. The summed E-state index contributed by atoms with van der Waals surface area (Å²) in [6.07, 6.45) is 0. The molecule has 4 nitrogen and oxygen atoms in total. The number of rotatable bonds is 1. The molecule has 0 spiro atoms. The Bertz CT molecular complexity index is 654. The fourth-order valence-corrected chi connectivity index (χ4v) is 2.04. The van der Waals surface area contributed by atoms with Crippen molar-refractivity contribution in [1.29, 1.82) is 0 Å². The molecule has 16 heavy (non-hydrogen) atoms. The molecule has 0 aliphatic carbocycles. The van der Waals surface area contributed by atoms with E-state index in [9.17, 15) is 4.79 Å². The first-order valence-electron chi connectivity index (χ1n) is 5.13. The van der Waals surface area contributed by atoms with Gasteiger partial charge in [0.2, 0.25) is 0 Å². The van der Waals surface area contributed by atoms with Crippen LogP contribution in [-0.4, -0.2) is 14.5 Å². The van der Waals surface area contributed by atoms with Crippen molar-refractivity contribution in [3.63, 3.8) is 0 Å². The molecule has 84 valence electrons. The molecule has 0 saturated carbocycles. The lowest BCUT2D eigenvalue weighted by Gasteiger charge is -2.13. The van der Waals surface area contributed by atoms with Gasteiger partial charge in [0.1, 0.15) is 5.65 Å². The van der Waals surface area contributed by atoms with Crippen molar-refractivity contribution in [3.05, 3.63) is 33.0 Å². The van der Waals surface area contributed by atoms with E-state index >= 15 is 0 Å². The summed E-state index contributed by atoms with van der Waals surface area (Å²) in [6.45, 7) is 5.84. The van der Waals surface area contributed by atoms with Gasteiger partial charge in [0, 0.05) is 23.2 Å². The average molecular weight is 235 g/mol.